The summed E-state index contributed by atoms with van der Waals surface area (Å²) in [5.41, 5.74) is 0.525. The maximum absolute atomic E-state index is 3.89. The quantitative estimate of drug-likeness (QED) is 0.819. The van der Waals surface area contributed by atoms with E-state index in [0.717, 1.165) is 5.92 Å². The number of nitrogens with one attached hydrogen (secondary N) is 1. The highest BCUT2D eigenvalue weighted by molar-refractivity contribution is 4.96. The Labute approximate surface area is 125 Å². The fourth-order valence-corrected chi connectivity index (χ4v) is 4.91. The van der Waals surface area contributed by atoms with Crippen LogP contribution in [0.15, 0.2) is 0 Å². The summed E-state index contributed by atoms with van der Waals surface area (Å²) < 4.78 is 0. The second-order valence-electron chi connectivity index (χ2n) is 7.61. The molecule has 1 N–H and O–H groups in total. The minimum Gasteiger partial charge on any atom is -0.315 e. The van der Waals surface area contributed by atoms with Crippen molar-refractivity contribution in [2.45, 2.75) is 82.6 Å². The van der Waals surface area contributed by atoms with Crippen LogP contribution in [-0.4, -0.2) is 36.6 Å². The van der Waals surface area contributed by atoms with Crippen molar-refractivity contribution in [2.24, 2.45) is 5.92 Å². The number of nitrogens with zero attached hydrogens (tertiary/aromatic N) is 1. The fourth-order valence-electron chi connectivity index (χ4n) is 4.91. The highest BCUT2D eigenvalue weighted by Crippen LogP contribution is 2.35. The molecule has 0 radical (unpaired) electrons. The van der Waals surface area contributed by atoms with E-state index < -0.39 is 0 Å². The van der Waals surface area contributed by atoms with E-state index in [1.165, 1.54) is 103 Å². The van der Waals surface area contributed by atoms with E-state index in [-0.39, 0.29) is 0 Å². The van der Waals surface area contributed by atoms with Gasteiger partial charge in [0.25, 0.3) is 0 Å². The van der Waals surface area contributed by atoms with Crippen LogP contribution in [0.4, 0.5) is 0 Å². The molecule has 0 aromatic carbocycles. The molecule has 0 amide bonds. The number of piperidine rings is 1. The Balaban J connectivity index is 1.53. The first-order valence-electron chi connectivity index (χ1n) is 9.35. The minimum absolute atomic E-state index is 0.525. The van der Waals surface area contributed by atoms with Crippen molar-refractivity contribution in [3.8, 4) is 0 Å². The molecule has 0 unspecified atom stereocenters. The third-order valence-electron chi connectivity index (χ3n) is 6.17. The number of hydrogen-bond acceptors (Lipinski definition) is 2. The van der Waals surface area contributed by atoms with Gasteiger partial charge in [0.15, 0.2) is 0 Å². The molecule has 2 saturated carbocycles. The summed E-state index contributed by atoms with van der Waals surface area (Å²) >= 11 is 0. The van der Waals surface area contributed by atoms with E-state index in [1.54, 1.807) is 0 Å². The van der Waals surface area contributed by atoms with Crippen molar-refractivity contribution < 1.29 is 0 Å². The van der Waals surface area contributed by atoms with Crippen LogP contribution in [0.5, 0.6) is 0 Å². The molecule has 3 fully saturated rings. The highest BCUT2D eigenvalue weighted by Gasteiger charge is 2.38. The average Bonchev–Trinajstić information content (AvgIpc) is 3.02. The summed E-state index contributed by atoms with van der Waals surface area (Å²) in [5.74, 6) is 0.983. The van der Waals surface area contributed by atoms with E-state index >= 15 is 0 Å². The average molecular weight is 278 g/mol. The molecular formula is C18H34N2. The van der Waals surface area contributed by atoms with Crippen LogP contribution in [0.25, 0.3) is 0 Å². The normalized spacial score (nSPS) is 28.8. The second-order valence-corrected chi connectivity index (χ2v) is 7.61. The zero-order chi connectivity index (χ0) is 13.7. The van der Waals surface area contributed by atoms with Gasteiger partial charge in [0.1, 0.15) is 0 Å². The molecule has 1 saturated heterocycles. The molecule has 2 aliphatic carbocycles. The molecule has 3 aliphatic rings. The molecule has 0 aromatic rings. The van der Waals surface area contributed by atoms with E-state index in [1.807, 2.05) is 0 Å². The van der Waals surface area contributed by atoms with Gasteiger partial charge in [-0.1, -0.05) is 38.5 Å². The number of hydrogen-bond donors (Lipinski definition) is 1. The van der Waals surface area contributed by atoms with Crippen LogP contribution < -0.4 is 5.32 Å². The summed E-state index contributed by atoms with van der Waals surface area (Å²) in [6.07, 6.45) is 17.5. The Kier molecular flexibility index (Phi) is 5.39. The fraction of sp³-hybridized carbons (Fsp3) is 1.00. The summed E-state index contributed by atoms with van der Waals surface area (Å²) in [5, 5.41) is 3.89. The maximum Gasteiger partial charge on any atom is 0.0333 e. The van der Waals surface area contributed by atoms with Crippen LogP contribution in [0.3, 0.4) is 0 Å². The Morgan fingerprint density at radius 1 is 0.800 bits per heavy atom. The lowest BCUT2D eigenvalue weighted by molar-refractivity contribution is 0.0329. The van der Waals surface area contributed by atoms with Gasteiger partial charge in [-0.25, -0.2) is 0 Å². The van der Waals surface area contributed by atoms with Gasteiger partial charge in [-0.3, -0.25) is 4.90 Å². The Bertz CT molecular complexity index is 271. The van der Waals surface area contributed by atoms with Crippen molar-refractivity contribution in [3.05, 3.63) is 0 Å². The van der Waals surface area contributed by atoms with Crippen LogP contribution in [0.1, 0.15) is 77.0 Å². The largest absolute Gasteiger partial charge is 0.315 e. The van der Waals surface area contributed by atoms with Gasteiger partial charge in [-0.15, -0.1) is 0 Å². The van der Waals surface area contributed by atoms with Crippen molar-refractivity contribution in [2.75, 3.05) is 26.2 Å². The van der Waals surface area contributed by atoms with Gasteiger partial charge in [-0.2, -0.15) is 0 Å². The first kappa shape index (κ1) is 14.8. The number of rotatable bonds is 5. The SMILES string of the molecule is C1CCN(C2(CNCC3CCCC3)CCCCC2)CC1. The van der Waals surface area contributed by atoms with E-state index in [0.29, 0.717) is 5.54 Å². The summed E-state index contributed by atoms with van der Waals surface area (Å²) in [6.45, 7) is 5.29. The lowest BCUT2D eigenvalue weighted by Crippen LogP contribution is -2.57. The molecule has 0 spiro atoms. The zero-order valence-corrected chi connectivity index (χ0v) is 13.3. The van der Waals surface area contributed by atoms with E-state index in [4.69, 9.17) is 0 Å². The molecule has 1 heterocycles. The lowest BCUT2D eigenvalue weighted by atomic mass is 9.79. The van der Waals surface area contributed by atoms with E-state index in [9.17, 15) is 0 Å². The van der Waals surface area contributed by atoms with Crippen molar-refractivity contribution in [3.63, 3.8) is 0 Å². The minimum atomic E-state index is 0.525. The van der Waals surface area contributed by atoms with Gasteiger partial charge in [-0.05, 0) is 64.1 Å². The Morgan fingerprint density at radius 3 is 2.15 bits per heavy atom. The molecule has 2 heteroatoms. The Morgan fingerprint density at radius 2 is 1.45 bits per heavy atom. The molecule has 0 atom stereocenters. The predicted molar refractivity (Wildman–Crippen MR) is 86.1 cm³/mol. The molecule has 0 aromatic heterocycles. The van der Waals surface area contributed by atoms with Crippen LogP contribution in [0.2, 0.25) is 0 Å². The summed E-state index contributed by atoms with van der Waals surface area (Å²) in [7, 11) is 0. The van der Waals surface area contributed by atoms with Gasteiger partial charge in [0.2, 0.25) is 0 Å². The molecular weight excluding hydrogens is 244 g/mol. The monoisotopic (exact) mass is 278 g/mol. The maximum atomic E-state index is 3.89. The summed E-state index contributed by atoms with van der Waals surface area (Å²) in [6, 6.07) is 0. The smallest absolute Gasteiger partial charge is 0.0333 e. The third kappa shape index (κ3) is 3.57. The van der Waals surface area contributed by atoms with Crippen molar-refractivity contribution in [1.82, 2.24) is 10.2 Å². The standard InChI is InChI=1S/C18H34N2/c1-5-11-18(12-6-1,20-13-7-2-8-14-20)16-19-15-17-9-3-4-10-17/h17,19H,1-16H2. The lowest BCUT2D eigenvalue weighted by Gasteiger charge is -2.48. The van der Waals surface area contributed by atoms with E-state index in [2.05, 4.69) is 10.2 Å². The number of likely N-dealkylation sites (tertiary alicyclic amines) is 1. The first-order chi connectivity index (χ1) is 9.89. The predicted octanol–water partition coefficient (Wildman–Crippen LogP) is 3.96. The highest BCUT2D eigenvalue weighted by atomic mass is 15.2. The Hall–Kier alpha value is -0.0800. The molecule has 20 heavy (non-hydrogen) atoms. The molecule has 3 rings (SSSR count). The zero-order valence-electron chi connectivity index (χ0n) is 13.3. The molecule has 2 nitrogen and oxygen atoms in total. The van der Waals surface area contributed by atoms with Crippen LogP contribution in [0, 0.1) is 5.92 Å². The topological polar surface area (TPSA) is 15.3 Å². The van der Waals surface area contributed by atoms with Gasteiger partial charge >= 0.3 is 0 Å². The molecule has 116 valence electrons. The first-order valence-corrected chi connectivity index (χ1v) is 9.35. The van der Waals surface area contributed by atoms with Gasteiger partial charge < -0.3 is 5.32 Å². The molecule has 0 bridgehead atoms. The summed E-state index contributed by atoms with van der Waals surface area (Å²) in [4.78, 5) is 2.87. The van der Waals surface area contributed by atoms with Gasteiger partial charge in [0, 0.05) is 12.1 Å². The second kappa shape index (κ2) is 7.26. The van der Waals surface area contributed by atoms with Crippen molar-refractivity contribution in [1.29, 1.82) is 0 Å². The van der Waals surface area contributed by atoms with Crippen molar-refractivity contribution >= 4 is 0 Å². The van der Waals surface area contributed by atoms with Gasteiger partial charge in [0.05, 0.1) is 0 Å². The van der Waals surface area contributed by atoms with Crippen LogP contribution in [-0.2, 0) is 0 Å². The molecule has 1 aliphatic heterocycles. The van der Waals surface area contributed by atoms with Crippen LogP contribution >= 0.6 is 0 Å². The third-order valence-corrected chi connectivity index (χ3v) is 6.17.